The summed E-state index contributed by atoms with van der Waals surface area (Å²) in [5.74, 6) is 1.74. The Bertz CT molecular complexity index is 3650. The fourth-order valence-corrected chi connectivity index (χ4v) is 9.39. The molecule has 0 saturated heterocycles. The molecule has 0 atom stereocenters. The van der Waals surface area contributed by atoms with Crippen LogP contribution in [0.3, 0.4) is 0 Å². The third-order valence-electron chi connectivity index (χ3n) is 11.7. The van der Waals surface area contributed by atoms with Crippen LogP contribution in [0.4, 0.5) is 0 Å². The van der Waals surface area contributed by atoms with Gasteiger partial charge in [0.1, 0.15) is 11.2 Å². The van der Waals surface area contributed by atoms with Gasteiger partial charge in [0.05, 0.1) is 27.8 Å². The Kier molecular flexibility index (Phi) is 6.07. The fourth-order valence-electron chi connectivity index (χ4n) is 9.39. The SMILES string of the molecule is c1ccc(-c2nc(-c3cccc4oc5ccccc5c34)nc(-n3c4ccccc4c4ccc5c(c6cccc7c6n5-c5ccccc5-c5ccccc5-7)c43)n2)cc1. The van der Waals surface area contributed by atoms with Crippen molar-refractivity contribution in [3.05, 3.63) is 176 Å². The van der Waals surface area contributed by atoms with Crippen LogP contribution in [0.1, 0.15) is 0 Å². The first-order valence-electron chi connectivity index (χ1n) is 19.2. The largest absolute Gasteiger partial charge is 0.456 e. The number of hydrogen-bond donors (Lipinski definition) is 0. The van der Waals surface area contributed by atoms with E-state index in [9.17, 15) is 0 Å². The summed E-state index contributed by atoms with van der Waals surface area (Å²) in [5.41, 5.74) is 13.9. The minimum absolute atomic E-state index is 0.553. The highest BCUT2D eigenvalue weighted by Crippen LogP contribution is 2.49. The molecule has 0 spiro atoms. The van der Waals surface area contributed by atoms with Gasteiger partial charge < -0.3 is 8.98 Å². The molecule has 12 aromatic rings. The first-order chi connectivity index (χ1) is 28.3. The molecule has 0 radical (unpaired) electrons. The molecule has 4 aromatic heterocycles. The van der Waals surface area contributed by atoms with E-state index in [-0.39, 0.29) is 0 Å². The Balaban J connectivity index is 1.20. The van der Waals surface area contributed by atoms with Crippen LogP contribution in [-0.2, 0) is 0 Å². The van der Waals surface area contributed by atoms with Crippen molar-refractivity contribution in [1.29, 1.82) is 0 Å². The molecule has 0 aliphatic carbocycles. The van der Waals surface area contributed by atoms with Crippen LogP contribution in [0.2, 0.25) is 0 Å². The third kappa shape index (κ3) is 4.16. The summed E-state index contributed by atoms with van der Waals surface area (Å²) in [6.45, 7) is 0. The maximum Gasteiger partial charge on any atom is 0.238 e. The molecule has 57 heavy (non-hydrogen) atoms. The number of hydrogen-bond acceptors (Lipinski definition) is 4. The molecule has 1 aliphatic rings. The molecule has 8 aromatic carbocycles. The number of furan rings is 1. The average Bonchev–Trinajstić information content (AvgIpc) is 3.91. The van der Waals surface area contributed by atoms with Gasteiger partial charge in [0.15, 0.2) is 11.6 Å². The summed E-state index contributed by atoms with van der Waals surface area (Å²) in [6.07, 6.45) is 0. The van der Waals surface area contributed by atoms with Crippen LogP contribution >= 0.6 is 0 Å². The molecule has 0 N–H and O–H groups in total. The molecule has 0 saturated carbocycles. The van der Waals surface area contributed by atoms with Crippen molar-refractivity contribution in [2.45, 2.75) is 0 Å². The van der Waals surface area contributed by atoms with Gasteiger partial charge in [0.25, 0.3) is 0 Å². The summed E-state index contributed by atoms with van der Waals surface area (Å²) in [4.78, 5) is 16.0. The number of nitrogens with zero attached hydrogens (tertiary/aromatic N) is 5. The molecule has 1 aliphatic heterocycles. The average molecular weight is 728 g/mol. The first kappa shape index (κ1) is 30.5. The van der Waals surface area contributed by atoms with Gasteiger partial charge in [-0.2, -0.15) is 9.97 Å². The van der Waals surface area contributed by atoms with Gasteiger partial charge in [-0.15, -0.1) is 0 Å². The van der Waals surface area contributed by atoms with Gasteiger partial charge in [-0.3, -0.25) is 4.57 Å². The highest BCUT2D eigenvalue weighted by Gasteiger charge is 2.28. The zero-order valence-corrected chi connectivity index (χ0v) is 30.4. The van der Waals surface area contributed by atoms with Gasteiger partial charge in [-0.1, -0.05) is 146 Å². The van der Waals surface area contributed by atoms with Gasteiger partial charge >= 0.3 is 0 Å². The van der Waals surface area contributed by atoms with Gasteiger partial charge in [0, 0.05) is 54.6 Å². The molecule has 6 heteroatoms. The van der Waals surface area contributed by atoms with Gasteiger partial charge in [0.2, 0.25) is 5.95 Å². The minimum atomic E-state index is 0.553. The molecule has 5 heterocycles. The maximum absolute atomic E-state index is 6.34. The predicted octanol–water partition coefficient (Wildman–Crippen LogP) is 12.9. The maximum atomic E-state index is 6.34. The molecule has 13 rings (SSSR count). The molecule has 0 fully saturated rings. The molecule has 264 valence electrons. The van der Waals surface area contributed by atoms with Crippen LogP contribution in [0.25, 0.3) is 122 Å². The Morgan fingerprint density at radius 2 is 1.00 bits per heavy atom. The number of para-hydroxylation sites is 4. The lowest BCUT2D eigenvalue weighted by molar-refractivity contribution is 0.669. The lowest BCUT2D eigenvalue weighted by Gasteiger charge is -2.13. The molecule has 6 nitrogen and oxygen atoms in total. The van der Waals surface area contributed by atoms with Crippen LogP contribution in [0.5, 0.6) is 0 Å². The highest BCUT2D eigenvalue weighted by atomic mass is 16.3. The predicted molar refractivity (Wildman–Crippen MR) is 231 cm³/mol. The number of aromatic nitrogens is 5. The second-order valence-corrected chi connectivity index (χ2v) is 14.7. The number of rotatable bonds is 3. The molecular formula is C51H29N5O. The van der Waals surface area contributed by atoms with E-state index in [4.69, 9.17) is 19.4 Å². The van der Waals surface area contributed by atoms with E-state index in [1.54, 1.807) is 0 Å². The van der Waals surface area contributed by atoms with Crippen molar-refractivity contribution < 1.29 is 4.42 Å². The smallest absolute Gasteiger partial charge is 0.238 e. The Labute approximate surface area is 325 Å². The summed E-state index contributed by atoms with van der Waals surface area (Å²) in [6, 6.07) is 61.9. The minimum Gasteiger partial charge on any atom is -0.456 e. The highest BCUT2D eigenvalue weighted by molar-refractivity contribution is 6.28. The summed E-state index contributed by atoms with van der Waals surface area (Å²) in [5, 5.41) is 6.61. The summed E-state index contributed by atoms with van der Waals surface area (Å²) < 4.78 is 11.1. The van der Waals surface area contributed by atoms with Gasteiger partial charge in [-0.05, 0) is 41.5 Å². The van der Waals surface area contributed by atoms with Crippen molar-refractivity contribution in [2.75, 3.05) is 0 Å². The van der Waals surface area contributed by atoms with E-state index in [1.807, 2.05) is 48.5 Å². The van der Waals surface area contributed by atoms with Crippen molar-refractivity contribution in [1.82, 2.24) is 24.1 Å². The van der Waals surface area contributed by atoms with E-state index < -0.39 is 0 Å². The summed E-state index contributed by atoms with van der Waals surface area (Å²) in [7, 11) is 0. The van der Waals surface area contributed by atoms with Crippen molar-refractivity contribution in [2.24, 2.45) is 0 Å². The lowest BCUT2D eigenvalue weighted by Crippen LogP contribution is -2.06. The first-order valence-corrected chi connectivity index (χ1v) is 19.2. The fraction of sp³-hybridized carbons (Fsp3) is 0. The van der Waals surface area contributed by atoms with Crippen molar-refractivity contribution in [3.8, 4) is 56.7 Å². The normalized spacial score (nSPS) is 12.2. The number of fused-ring (bicyclic) bond motifs is 15. The lowest BCUT2D eigenvalue weighted by atomic mass is 9.93. The molecular weight excluding hydrogens is 699 g/mol. The quantitative estimate of drug-likeness (QED) is 0.182. The van der Waals surface area contributed by atoms with Crippen LogP contribution < -0.4 is 0 Å². The van der Waals surface area contributed by atoms with Crippen LogP contribution in [0, 0.1) is 0 Å². The van der Waals surface area contributed by atoms with Crippen molar-refractivity contribution in [3.63, 3.8) is 0 Å². The van der Waals surface area contributed by atoms with Crippen LogP contribution in [-0.4, -0.2) is 24.1 Å². The number of benzene rings is 8. The monoisotopic (exact) mass is 727 g/mol. The Morgan fingerprint density at radius 1 is 0.351 bits per heavy atom. The molecule has 0 unspecified atom stereocenters. The second-order valence-electron chi connectivity index (χ2n) is 14.7. The van der Waals surface area contributed by atoms with Crippen LogP contribution in [0.15, 0.2) is 180 Å². The Hall–Kier alpha value is -7.83. The van der Waals surface area contributed by atoms with E-state index >= 15 is 0 Å². The topological polar surface area (TPSA) is 61.7 Å². The standard InChI is InChI=1S/C51H29N5O/c1-2-14-30(15-3-1)49-52-50(39-23-13-27-44-45(39)37-20-8-11-26-43(37)57-44)54-51(53-49)56-41-25-10-7-19-34(41)36-28-29-42-46(48(36)56)38-22-12-21-35-32-17-5-4-16-31(32)33-18-6-9-24-40(33)55(42)47(35)38/h1-29H. The Morgan fingerprint density at radius 3 is 1.89 bits per heavy atom. The van der Waals surface area contributed by atoms with E-state index in [0.29, 0.717) is 17.6 Å². The van der Waals surface area contributed by atoms with E-state index in [1.165, 1.54) is 33.2 Å². The van der Waals surface area contributed by atoms with Gasteiger partial charge in [-0.25, -0.2) is 4.98 Å². The zero-order valence-electron chi connectivity index (χ0n) is 30.4. The molecule has 0 bridgehead atoms. The van der Waals surface area contributed by atoms with E-state index in [0.717, 1.165) is 71.5 Å². The van der Waals surface area contributed by atoms with Crippen molar-refractivity contribution >= 4 is 65.6 Å². The third-order valence-corrected chi connectivity index (χ3v) is 11.7. The molecule has 0 amide bonds. The summed E-state index contributed by atoms with van der Waals surface area (Å²) >= 11 is 0. The zero-order chi connectivity index (χ0) is 37.2. The van der Waals surface area contributed by atoms with E-state index in [2.05, 4.69) is 137 Å². The second kappa shape index (κ2) is 11.4.